The van der Waals surface area contributed by atoms with Gasteiger partial charge in [0.05, 0.1) is 0 Å². The highest BCUT2D eigenvalue weighted by Gasteiger charge is 2.20. The standard InChI is InChI=1S/C16H16N2O/c19-16-8-4-10-18(12-13-5-3-9-17-11-13)15-7-2-1-6-14(15)16/h1-3,5-7,9,11H,4,8,10,12H2. The van der Waals surface area contributed by atoms with Gasteiger partial charge in [0.15, 0.2) is 5.78 Å². The summed E-state index contributed by atoms with van der Waals surface area (Å²) in [5.41, 5.74) is 3.07. The van der Waals surface area contributed by atoms with Crippen LogP contribution in [0.5, 0.6) is 0 Å². The van der Waals surface area contributed by atoms with Gasteiger partial charge in [0.2, 0.25) is 0 Å². The molecule has 3 nitrogen and oxygen atoms in total. The van der Waals surface area contributed by atoms with Gasteiger partial charge in [-0.25, -0.2) is 0 Å². The van der Waals surface area contributed by atoms with E-state index in [1.165, 1.54) is 5.56 Å². The SMILES string of the molecule is O=C1CCCN(Cc2cccnc2)c2ccccc21. The number of pyridine rings is 1. The summed E-state index contributed by atoms with van der Waals surface area (Å²) in [5.74, 6) is 0.254. The zero-order chi connectivity index (χ0) is 13.1. The molecule has 1 aromatic heterocycles. The van der Waals surface area contributed by atoms with Crippen molar-refractivity contribution in [3.63, 3.8) is 0 Å². The Morgan fingerprint density at radius 1 is 1.16 bits per heavy atom. The Kier molecular flexibility index (Phi) is 3.27. The van der Waals surface area contributed by atoms with Crippen molar-refractivity contribution >= 4 is 11.5 Å². The van der Waals surface area contributed by atoms with Crippen molar-refractivity contribution in [1.82, 2.24) is 4.98 Å². The first-order valence-electron chi connectivity index (χ1n) is 6.61. The minimum Gasteiger partial charge on any atom is -0.367 e. The monoisotopic (exact) mass is 252 g/mol. The summed E-state index contributed by atoms with van der Waals surface area (Å²) in [5, 5.41) is 0. The number of anilines is 1. The molecule has 0 bridgehead atoms. The van der Waals surface area contributed by atoms with E-state index < -0.39 is 0 Å². The largest absolute Gasteiger partial charge is 0.367 e. The van der Waals surface area contributed by atoms with Crippen LogP contribution in [-0.2, 0) is 6.54 Å². The number of rotatable bonds is 2. The molecule has 1 aromatic carbocycles. The first-order chi connectivity index (χ1) is 9.34. The topological polar surface area (TPSA) is 33.2 Å². The molecular formula is C16H16N2O. The van der Waals surface area contributed by atoms with E-state index in [9.17, 15) is 4.79 Å². The van der Waals surface area contributed by atoms with Gasteiger partial charge in [-0.1, -0.05) is 18.2 Å². The van der Waals surface area contributed by atoms with Crippen LogP contribution in [0.1, 0.15) is 28.8 Å². The Morgan fingerprint density at radius 2 is 2.05 bits per heavy atom. The number of carbonyl (C=O) groups excluding carboxylic acids is 1. The molecule has 3 heteroatoms. The zero-order valence-corrected chi connectivity index (χ0v) is 10.7. The number of aromatic nitrogens is 1. The van der Waals surface area contributed by atoms with Crippen molar-refractivity contribution in [1.29, 1.82) is 0 Å². The summed E-state index contributed by atoms with van der Waals surface area (Å²) < 4.78 is 0. The van der Waals surface area contributed by atoms with Crippen LogP contribution >= 0.6 is 0 Å². The van der Waals surface area contributed by atoms with Crippen LogP contribution in [-0.4, -0.2) is 17.3 Å². The van der Waals surface area contributed by atoms with Crippen molar-refractivity contribution in [3.05, 3.63) is 59.9 Å². The molecule has 0 unspecified atom stereocenters. The highest BCUT2D eigenvalue weighted by atomic mass is 16.1. The van der Waals surface area contributed by atoms with Crippen molar-refractivity contribution < 1.29 is 4.79 Å². The van der Waals surface area contributed by atoms with E-state index in [4.69, 9.17) is 0 Å². The second-order valence-electron chi connectivity index (χ2n) is 4.83. The van der Waals surface area contributed by atoms with Crippen molar-refractivity contribution in [2.75, 3.05) is 11.4 Å². The van der Waals surface area contributed by atoms with E-state index in [0.717, 1.165) is 30.8 Å². The van der Waals surface area contributed by atoms with Crippen molar-refractivity contribution in [2.45, 2.75) is 19.4 Å². The summed E-state index contributed by atoms with van der Waals surface area (Å²) in [4.78, 5) is 18.5. The molecule has 0 saturated carbocycles. The molecule has 0 atom stereocenters. The van der Waals surface area contributed by atoms with Gasteiger partial charge >= 0.3 is 0 Å². The number of para-hydroxylation sites is 1. The van der Waals surface area contributed by atoms with Crippen molar-refractivity contribution in [3.8, 4) is 0 Å². The van der Waals surface area contributed by atoms with Gasteiger partial charge in [-0.2, -0.15) is 0 Å². The summed E-state index contributed by atoms with van der Waals surface area (Å²) in [6, 6.07) is 11.9. The third kappa shape index (κ3) is 2.50. The number of Topliss-reactive ketones (excluding diaryl/α,β-unsaturated/α-hetero) is 1. The predicted molar refractivity (Wildman–Crippen MR) is 75.3 cm³/mol. The van der Waals surface area contributed by atoms with Gasteiger partial charge in [0, 0.05) is 43.2 Å². The van der Waals surface area contributed by atoms with E-state index in [0.29, 0.717) is 6.42 Å². The first kappa shape index (κ1) is 11.9. The molecule has 2 heterocycles. The highest BCUT2D eigenvalue weighted by molar-refractivity contribution is 6.01. The molecule has 0 radical (unpaired) electrons. The van der Waals surface area contributed by atoms with E-state index in [-0.39, 0.29) is 5.78 Å². The van der Waals surface area contributed by atoms with Gasteiger partial charge in [-0.3, -0.25) is 9.78 Å². The maximum atomic E-state index is 12.1. The summed E-state index contributed by atoms with van der Waals surface area (Å²) in [6.45, 7) is 1.72. The molecule has 1 aliphatic heterocycles. The molecule has 0 N–H and O–H groups in total. The lowest BCUT2D eigenvalue weighted by molar-refractivity contribution is 0.0984. The quantitative estimate of drug-likeness (QED) is 0.823. The molecule has 2 aromatic rings. The lowest BCUT2D eigenvalue weighted by Crippen LogP contribution is -2.23. The maximum Gasteiger partial charge on any atom is 0.165 e. The van der Waals surface area contributed by atoms with Gasteiger partial charge < -0.3 is 4.90 Å². The third-order valence-electron chi connectivity index (χ3n) is 3.47. The highest BCUT2D eigenvalue weighted by Crippen LogP contribution is 2.27. The van der Waals surface area contributed by atoms with E-state index in [1.807, 2.05) is 36.5 Å². The van der Waals surface area contributed by atoms with E-state index in [1.54, 1.807) is 6.20 Å². The number of hydrogen-bond donors (Lipinski definition) is 0. The Bertz CT molecular complexity index is 580. The van der Waals surface area contributed by atoms with Gasteiger partial charge in [-0.15, -0.1) is 0 Å². The lowest BCUT2D eigenvalue weighted by Gasteiger charge is -2.24. The molecule has 96 valence electrons. The van der Waals surface area contributed by atoms with Crippen LogP contribution in [0.4, 0.5) is 5.69 Å². The molecule has 1 aliphatic rings. The summed E-state index contributed by atoms with van der Waals surface area (Å²) >= 11 is 0. The molecule has 3 rings (SSSR count). The molecule has 0 amide bonds. The molecular weight excluding hydrogens is 236 g/mol. The number of ketones is 1. The molecule has 0 fully saturated rings. The van der Waals surface area contributed by atoms with Crippen LogP contribution in [0, 0.1) is 0 Å². The van der Waals surface area contributed by atoms with Crippen LogP contribution in [0.25, 0.3) is 0 Å². The molecule has 0 spiro atoms. The Morgan fingerprint density at radius 3 is 2.89 bits per heavy atom. The predicted octanol–water partition coefficient (Wildman–Crippen LogP) is 3.06. The van der Waals surface area contributed by atoms with Gasteiger partial charge in [0.1, 0.15) is 0 Å². The minimum atomic E-state index is 0.254. The number of benzene rings is 1. The minimum absolute atomic E-state index is 0.254. The first-order valence-corrected chi connectivity index (χ1v) is 6.61. The Labute approximate surface area is 112 Å². The smallest absolute Gasteiger partial charge is 0.165 e. The number of carbonyl (C=O) groups is 1. The number of nitrogens with zero attached hydrogens (tertiary/aromatic N) is 2. The van der Waals surface area contributed by atoms with E-state index >= 15 is 0 Å². The van der Waals surface area contributed by atoms with E-state index in [2.05, 4.69) is 16.0 Å². The number of hydrogen-bond acceptors (Lipinski definition) is 3. The summed E-state index contributed by atoms with van der Waals surface area (Å²) in [7, 11) is 0. The summed E-state index contributed by atoms with van der Waals surface area (Å²) in [6.07, 6.45) is 5.22. The average molecular weight is 252 g/mol. The van der Waals surface area contributed by atoms with Crippen molar-refractivity contribution in [2.24, 2.45) is 0 Å². The van der Waals surface area contributed by atoms with Crippen LogP contribution in [0.2, 0.25) is 0 Å². The third-order valence-corrected chi connectivity index (χ3v) is 3.47. The fourth-order valence-electron chi connectivity index (χ4n) is 2.55. The van der Waals surface area contributed by atoms with Gasteiger partial charge in [-0.05, 0) is 30.2 Å². The van der Waals surface area contributed by atoms with Crippen LogP contribution in [0.3, 0.4) is 0 Å². The van der Waals surface area contributed by atoms with Crippen LogP contribution in [0.15, 0.2) is 48.8 Å². The second-order valence-corrected chi connectivity index (χ2v) is 4.83. The molecule has 0 aliphatic carbocycles. The average Bonchev–Trinajstić information content (AvgIpc) is 2.61. The lowest BCUT2D eigenvalue weighted by atomic mass is 10.1. The normalized spacial score (nSPS) is 14.9. The molecule has 0 saturated heterocycles. The fourth-order valence-corrected chi connectivity index (χ4v) is 2.55. The second kappa shape index (κ2) is 5.22. The maximum absolute atomic E-state index is 12.1. The zero-order valence-electron chi connectivity index (χ0n) is 10.7. The fraction of sp³-hybridized carbons (Fsp3) is 0.250. The Hall–Kier alpha value is -2.16. The molecule has 19 heavy (non-hydrogen) atoms. The van der Waals surface area contributed by atoms with Crippen LogP contribution < -0.4 is 4.90 Å². The van der Waals surface area contributed by atoms with Gasteiger partial charge in [0.25, 0.3) is 0 Å². The Balaban J connectivity index is 1.93. The number of fused-ring (bicyclic) bond motifs is 1.